The molecular formula is C38H45NO9. The van der Waals surface area contributed by atoms with Crippen LogP contribution in [-0.2, 0) is 42.9 Å². The molecule has 256 valence electrons. The Bertz CT molecular complexity index is 1530. The number of hydrogen-bond acceptors (Lipinski definition) is 10. The second-order valence-electron chi connectivity index (χ2n) is 12.4. The van der Waals surface area contributed by atoms with Gasteiger partial charge in [-0.1, -0.05) is 60.7 Å². The van der Waals surface area contributed by atoms with Gasteiger partial charge in [-0.05, 0) is 69.4 Å². The number of allylic oxidation sites excluding steroid dienone is 3. The van der Waals surface area contributed by atoms with Gasteiger partial charge in [-0.3, -0.25) is 24.1 Å². The van der Waals surface area contributed by atoms with E-state index in [2.05, 4.69) is 29.2 Å². The number of likely N-dealkylation sites (tertiary alicyclic amines) is 1. The number of ether oxygens (including phenoxy) is 5. The van der Waals surface area contributed by atoms with E-state index in [4.69, 9.17) is 23.7 Å². The van der Waals surface area contributed by atoms with E-state index in [1.165, 1.54) is 0 Å². The number of nitrogens with zero attached hydrogens (tertiary/aromatic N) is 1. The lowest BCUT2D eigenvalue weighted by Gasteiger charge is -2.57. The summed E-state index contributed by atoms with van der Waals surface area (Å²) in [6, 6.07) is 20.5. The highest BCUT2D eigenvalue weighted by atomic mass is 16.6. The van der Waals surface area contributed by atoms with Crippen molar-refractivity contribution in [3.8, 4) is 0 Å². The summed E-state index contributed by atoms with van der Waals surface area (Å²) >= 11 is 0. The highest BCUT2D eigenvalue weighted by molar-refractivity contribution is 6.15. The highest BCUT2D eigenvalue weighted by Crippen LogP contribution is 2.61. The van der Waals surface area contributed by atoms with Gasteiger partial charge >= 0.3 is 23.9 Å². The molecule has 5 rings (SSSR count). The molecule has 0 aromatic heterocycles. The first-order valence-electron chi connectivity index (χ1n) is 16.7. The van der Waals surface area contributed by atoms with Crippen molar-refractivity contribution in [2.45, 2.75) is 66.0 Å². The average molecular weight is 660 g/mol. The van der Waals surface area contributed by atoms with E-state index < -0.39 is 40.3 Å². The van der Waals surface area contributed by atoms with Crippen LogP contribution in [-0.4, -0.2) is 73.9 Å². The molecule has 1 saturated heterocycles. The third-order valence-electron chi connectivity index (χ3n) is 9.89. The fraction of sp³-hybridized carbons (Fsp3) is 0.474. The highest BCUT2D eigenvalue weighted by Gasteiger charge is 2.76. The summed E-state index contributed by atoms with van der Waals surface area (Å²) in [5, 5.41) is 0. The molecule has 2 heterocycles. The van der Waals surface area contributed by atoms with Crippen LogP contribution in [0.2, 0.25) is 0 Å². The lowest BCUT2D eigenvalue weighted by atomic mass is 9.51. The molecule has 0 radical (unpaired) electrons. The molecule has 0 unspecified atom stereocenters. The monoisotopic (exact) mass is 659 g/mol. The van der Waals surface area contributed by atoms with Gasteiger partial charge in [0.1, 0.15) is 0 Å². The Morgan fingerprint density at radius 3 is 1.40 bits per heavy atom. The second-order valence-corrected chi connectivity index (χ2v) is 12.4. The van der Waals surface area contributed by atoms with Gasteiger partial charge < -0.3 is 23.7 Å². The lowest BCUT2D eigenvalue weighted by Crippen LogP contribution is -2.68. The standard InChI is InChI=1S/C38H45NO9/c1-7-44-32(40)37(33(41)45-8-2)21-29-25(5)36(48-26(6)30(29)22-38(37,34(42)46-9-3)35(43)47-10-4)23-39(24-36)31(27-17-13-11-14-18-27)28-19-15-12-16-20-28/h11-20,31H,7-10,21-24H2,1-6H3. The van der Waals surface area contributed by atoms with Gasteiger partial charge in [0.25, 0.3) is 0 Å². The second kappa shape index (κ2) is 14.0. The molecule has 3 aliphatic rings. The maximum atomic E-state index is 14.2. The van der Waals surface area contributed by atoms with E-state index in [1.807, 2.05) is 43.3 Å². The van der Waals surface area contributed by atoms with Gasteiger partial charge in [0.2, 0.25) is 0 Å². The van der Waals surface area contributed by atoms with Crippen LogP contribution in [0.5, 0.6) is 0 Å². The number of rotatable bonds is 11. The Balaban J connectivity index is 1.65. The summed E-state index contributed by atoms with van der Waals surface area (Å²) in [5.74, 6) is -3.67. The molecule has 10 heteroatoms. The molecule has 0 bridgehead atoms. The van der Waals surface area contributed by atoms with Crippen molar-refractivity contribution in [3.63, 3.8) is 0 Å². The normalized spacial score (nSPS) is 19.1. The van der Waals surface area contributed by atoms with Crippen LogP contribution in [0.4, 0.5) is 0 Å². The van der Waals surface area contributed by atoms with Crippen molar-refractivity contribution in [2.24, 2.45) is 10.8 Å². The number of esters is 4. The first-order chi connectivity index (χ1) is 23.1. The summed E-state index contributed by atoms with van der Waals surface area (Å²) in [4.78, 5) is 58.9. The Labute approximate surface area is 282 Å². The maximum absolute atomic E-state index is 14.2. The summed E-state index contributed by atoms with van der Waals surface area (Å²) in [6.07, 6.45) is -0.691. The van der Waals surface area contributed by atoms with Crippen molar-refractivity contribution in [2.75, 3.05) is 39.5 Å². The molecule has 0 N–H and O–H groups in total. The van der Waals surface area contributed by atoms with Crippen molar-refractivity contribution in [3.05, 3.63) is 94.3 Å². The summed E-state index contributed by atoms with van der Waals surface area (Å²) in [5.41, 5.74) is -1.26. The Morgan fingerprint density at radius 1 is 0.646 bits per heavy atom. The van der Waals surface area contributed by atoms with Crippen LogP contribution in [0.3, 0.4) is 0 Å². The van der Waals surface area contributed by atoms with Crippen LogP contribution < -0.4 is 0 Å². The molecule has 1 aliphatic carbocycles. The van der Waals surface area contributed by atoms with Gasteiger partial charge in [-0.2, -0.15) is 0 Å². The van der Waals surface area contributed by atoms with E-state index >= 15 is 0 Å². The van der Waals surface area contributed by atoms with Crippen LogP contribution in [0.25, 0.3) is 0 Å². The molecule has 2 aromatic rings. The van der Waals surface area contributed by atoms with E-state index in [-0.39, 0.29) is 45.3 Å². The van der Waals surface area contributed by atoms with Crippen LogP contribution in [0.15, 0.2) is 83.1 Å². The first-order valence-corrected chi connectivity index (χ1v) is 16.7. The molecule has 2 aromatic carbocycles. The minimum Gasteiger partial charge on any atom is -0.485 e. The molecule has 2 aliphatic heterocycles. The zero-order valence-electron chi connectivity index (χ0n) is 28.6. The zero-order valence-corrected chi connectivity index (χ0v) is 28.6. The van der Waals surface area contributed by atoms with E-state index in [9.17, 15) is 19.2 Å². The van der Waals surface area contributed by atoms with Crippen LogP contribution >= 0.6 is 0 Å². The summed E-state index contributed by atoms with van der Waals surface area (Å²) in [6.45, 7) is 10.8. The van der Waals surface area contributed by atoms with E-state index in [0.717, 1.165) is 16.7 Å². The average Bonchev–Trinajstić information content (AvgIpc) is 3.07. The van der Waals surface area contributed by atoms with Gasteiger partial charge in [-0.15, -0.1) is 0 Å². The minimum absolute atomic E-state index is 0.0325. The largest absolute Gasteiger partial charge is 0.485 e. The molecule has 0 atom stereocenters. The van der Waals surface area contributed by atoms with Gasteiger partial charge in [-0.25, -0.2) is 0 Å². The zero-order chi connectivity index (χ0) is 34.7. The number of fused-ring (bicyclic) bond motifs is 1. The number of hydrogen-bond donors (Lipinski definition) is 0. The first kappa shape index (κ1) is 34.9. The van der Waals surface area contributed by atoms with Crippen molar-refractivity contribution < 1.29 is 42.9 Å². The fourth-order valence-electron chi connectivity index (χ4n) is 7.60. The number of carbonyl (C=O) groups is 4. The van der Waals surface area contributed by atoms with Crippen molar-refractivity contribution >= 4 is 23.9 Å². The molecule has 48 heavy (non-hydrogen) atoms. The summed E-state index contributed by atoms with van der Waals surface area (Å²) in [7, 11) is 0. The lowest BCUT2D eigenvalue weighted by molar-refractivity contribution is -0.205. The summed E-state index contributed by atoms with van der Waals surface area (Å²) < 4.78 is 28.7. The Hall–Kier alpha value is -4.44. The van der Waals surface area contributed by atoms with Crippen LogP contribution in [0, 0.1) is 10.8 Å². The van der Waals surface area contributed by atoms with E-state index in [0.29, 0.717) is 30.0 Å². The van der Waals surface area contributed by atoms with Gasteiger partial charge in [0.05, 0.1) is 38.2 Å². The number of carbonyl (C=O) groups excluding carboxylic acids is 4. The Morgan fingerprint density at radius 2 is 1.02 bits per heavy atom. The van der Waals surface area contributed by atoms with Gasteiger partial charge in [0.15, 0.2) is 16.4 Å². The van der Waals surface area contributed by atoms with E-state index in [1.54, 1.807) is 34.6 Å². The molecule has 0 amide bonds. The molecule has 2 fully saturated rings. The molecule has 1 spiro atoms. The van der Waals surface area contributed by atoms with Gasteiger partial charge in [0, 0.05) is 25.9 Å². The Kier molecular flexibility index (Phi) is 10.1. The minimum atomic E-state index is -2.41. The number of benzene rings is 2. The fourth-order valence-corrected chi connectivity index (χ4v) is 7.60. The topological polar surface area (TPSA) is 118 Å². The smallest absolute Gasteiger partial charge is 0.325 e. The quantitative estimate of drug-likeness (QED) is 0.175. The third-order valence-corrected chi connectivity index (χ3v) is 9.89. The van der Waals surface area contributed by atoms with Crippen LogP contribution in [0.1, 0.15) is 71.6 Å². The molecule has 1 saturated carbocycles. The molecule has 10 nitrogen and oxygen atoms in total. The SMILES string of the molecule is CCOC(=O)C1(C(=O)OCC)CC2=C(C)OC3(CN(C(c4ccccc4)c4ccccc4)C3)C(C)=C2CC1(C(=O)OCC)C(=O)OCC. The maximum Gasteiger partial charge on any atom is 0.325 e. The van der Waals surface area contributed by atoms with Crippen molar-refractivity contribution in [1.29, 1.82) is 0 Å². The third kappa shape index (κ3) is 5.49. The predicted molar refractivity (Wildman–Crippen MR) is 176 cm³/mol. The predicted octanol–water partition coefficient (Wildman–Crippen LogP) is 5.47. The molecular weight excluding hydrogens is 614 g/mol. The van der Waals surface area contributed by atoms with Crippen molar-refractivity contribution in [1.82, 2.24) is 4.90 Å².